The molecule has 3 rings (SSSR count). The van der Waals surface area contributed by atoms with Crippen molar-refractivity contribution in [3.05, 3.63) is 69.0 Å². The molecule has 1 heterocycles. The Morgan fingerprint density at radius 1 is 1.05 bits per heavy atom. The Hall–Kier alpha value is -2.06. The van der Waals surface area contributed by atoms with E-state index in [1.54, 1.807) is 12.1 Å². The van der Waals surface area contributed by atoms with Gasteiger partial charge in [-0.2, -0.15) is 0 Å². The van der Waals surface area contributed by atoms with Crippen LogP contribution in [0.5, 0.6) is 0 Å². The molecule has 0 radical (unpaired) electrons. The maximum atomic E-state index is 12.2. The van der Waals surface area contributed by atoms with Gasteiger partial charge in [0.15, 0.2) is 0 Å². The highest BCUT2D eigenvalue weighted by molar-refractivity contribution is 6.30. The van der Waals surface area contributed by atoms with Crippen molar-refractivity contribution in [3.8, 4) is 11.1 Å². The fraction of sp³-hybridized carbons (Fsp3) is 0.118. The molecule has 2 nitrogen and oxygen atoms in total. The number of aryl methyl sites for hydroxylation is 2. The maximum absolute atomic E-state index is 12.2. The lowest BCUT2D eigenvalue weighted by molar-refractivity contribution is 0.562. The summed E-state index contributed by atoms with van der Waals surface area (Å²) in [6.07, 6.45) is 0. The van der Waals surface area contributed by atoms with Crippen molar-refractivity contribution in [1.29, 1.82) is 0 Å². The molecule has 0 aliphatic rings. The van der Waals surface area contributed by atoms with Gasteiger partial charge in [0.1, 0.15) is 5.58 Å². The van der Waals surface area contributed by atoms with Crippen molar-refractivity contribution >= 4 is 22.6 Å². The van der Waals surface area contributed by atoms with Crippen molar-refractivity contribution in [2.24, 2.45) is 0 Å². The normalized spacial score (nSPS) is 10.9. The summed E-state index contributed by atoms with van der Waals surface area (Å²) in [6.45, 7) is 3.96. The van der Waals surface area contributed by atoms with Crippen LogP contribution in [-0.4, -0.2) is 0 Å². The standard InChI is InChI=1S/C17H13ClO2/c1-10-6-7-15-14(8-10)11(2)16(17(19)20-15)12-4-3-5-13(18)9-12/h3-9H,1-2H3. The van der Waals surface area contributed by atoms with E-state index in [0.29, 0.717) is 16.2 Å². The van der Waals surface area contributed by atoms with E-state index < -0.39 is 0 Å². The summed E-state index contributed by atoms with van der Waals surface area (Å²) < 4.78 is 5.42. The zero-order valence-electron chi connectivity index (χ0n) is 11.2. The summed E-state index contributed by atoms with van der Waals surface area (Å²) in [5, 5.41) is 1.56. The van der Waals surface area contributed by atoms with Crippen molar-refractivity contribution < 1.29 is 4.42 Å². The summed E-state index contributed by atoms with van der Waals surface area (Å²) in [5.74, 6) is 0. The molecule has 0 atom stereocenters. The van der Waals surface area contributed by atoms with E-state index >= 15 is 0 Å². The zero-order chi connectivity index (χ0) is 14.3. The van der Waals surface area contributed by atoms with Crippen LogP contribution in [0.1, 0.15) is 11.1 Å². The molecule has 0 unspecified atom stereocenters. The Kier molecular flexibility index (Phi) is 3.11. The Bertz CT molecular complexity index is 862. The monoisotopic (exact) mass is 284 g/mol. The molecule has 1 aromatic heterocycles. The molecule has 2 aromatic carbocycles. The van der Waals surface area contributed by atoms with Crippen LogP contribution in [-0.2, 0) is 0 Å². The SMILES string of the molecule is Cc1ccc2oc(=O)c(-c3cccc(Cl)c3)c(C)c2c1. The molecular formula is C17H13ClO2. The van der Waals surface area contributed by atoms with Gasteiger partial charge >= 0.3 is 5.63 Å². The Labute approximate surface area is 121 Å². The Balaban J connectivity index is 2.39. The van der Waals surface area contributed by atoms with Crippen LogP contribution in [0.4, 0.5) is 0 Å². The first kappa shape index (κ1) is 12.9. The molecule has 0 spiro atoms. The second-order valence-electron chi connectivity index (χ2n) is 4.90. The molecule has 0 saturated heterocycles. The molecule has 0 saturated carbocycles. The highest BCUT2D eigenvalue weighted by Gasteiger charge is 2.13. The first-order valence-corrected chi connectivity index (χ1v) is 6.74. The number of hydrogen-bond donors (Lipinski definition) is 0. The number of halogens is 1. The maximum Gasteiger partial charge on any atom is 0.344 e. The van der Waals surface area contributed by atoms with Crippen LogP contribution in [0.15, 0.2) is 51.7 Å². The van der Waals surface area contributed by atoms with Crippen LogP contribution in [0.25, 0.3) is 22.1 Å². The average molecular weight is 285 g/mol. The van der Waals surface area contributed by atoms with E-state index in [2.05, 4.69) is 0 Å². The third-order valence-corrected chi connectivity index (χ3v) is 3.67. The van der Waals surface area contributed by atoms with E-state index in [-0.39, 0.29) is 5.63 Å². The lowest BCUT2D eigenvalue weighted by atomic mass is 9.99. The third kappa shape index (κ3) is 2.12. The molecule has 3 heteroatoms. The van der Waals surface area contributed by atoms with Gasteiger partial charge in [0.05, 0.1) is 5.56 Å². The van der Waals surface area contributed by atoms with Gasteiger partial charge < -0.3 is 4.42 Å². The van der Waals surface area contributed by atoms with E-state index in [0.717, 1.165) is 22.1 Å². The van der Waals surface area contributed by atoms with Crippen molar-refractivity contribution in [1.82, 2.24) is 0 Å². The minimum atomic E-state index is -0.332. The Morgan fingerprint density at radius 3 is 2.60 bits per heavy atom. The molecule has 3 aromatic rings. The summed E-state index contributed by atoms with van der Waals surface area (Å²) in [6, 6.07) is 13.1. The molecule has 0 N–H and O–H groups in total. The molecule has 20 heavy (non-hydrogen) atoms. The molecule has 100 valence electrons. The smallest absolute Gasteiger partial charge is 0.344 e. The van der Waals surface area contributed by atoms with Crippen molar-refractivity contribution in [2.75, 3.05) is 0 Å². The molecule has 0 aliphatic carbocycles. The number of benzene rings is 2. The van der Waals surface area contributed by atoms with E-state index in [9.17, 15) is 4.79 Å². The van der Waals surface area contributed by atoms with Gasteiger partial charge in [-0.25, -0.2) is 4.79 Å². The first-order chi connectivity index (χ1) is 9.56. The van der Waals surface area contributed by atoms with Crippen LogP contribution >= 0.6 is 11.6 Å². The molecule has 0 bridgehead atoms. The third-order valence-electron chi connectivity index (χ3n) is 3.43. The van der Waals surface area contributed by atoms with Crippen LogP contribution in [0.3, 0.4) is 0 Å². The summed E-state index contributed by atoms with van der Waals surface area (Å²) >= 11 is 6.01. The highest BCUT2D eigenvalue weighted by atomic mass is 35.5. The van der Waals surface area contributed by atoms with Crippen LogP contribution in [0.2, 0.25) is 5.02 Å². The van der Waals surface area contributed by atoms with Crippen LogP contribution < -0.4 is 5.63 Å². The average Bonchev–Trinajstić information content (AvgIpc) is 2.40. The fourth-order valence-electron chi connectivity index (χ4n) is 2.44. The largest absolute Gasteiger partial charge is 0.422 e. The Morgan fingerprint density at radius 2 is 1.85 bits per heavy atom. The van der Waals surface area contributed by atoms with Crippen molar-refractivity contribution in [3.63, 3.8) is 0 Å². The van der Waals surface area contributed by atoms with Gasteiger partial charge in [0.2, 0.25) is 0 Å². The van der Waals surface area contributed by atoms with Gasteiger partial charge in [-0.05, 0) is 49.2 Å². The van der Waals surface area contributed by atoms with Crippen LogP contribution in [0, 0.1) is 13.8 Å². The second-order valence-corrected chi connectivity index (χ2v) is 5.34. The predicted molar refractivity (Wildman–Crippen MR) is 82.4 cm³/mol. The van der Waals surface area contributed by atoms with E-state index in [1.165, 1.54) is 0 Å². The van der Waals surface area contributed by atoms with Gasteiger partial charge in [0, 0.05) is 10.4 Å². The molecule has 0 fully saturated rings. The molecule has 0 amide bonds. The van der Waals surface area contributed by atoms with E-state index in [4.69, 9.17) is 16.0 Å². The van der Waals surface area contributed by atoms with Gasteiger partial charge in [-0.15, -0.1) is 0 Å². The second kappa shape index (κ2) is 4.80. The molecule has 0 aliphatic heterocycles. The topological polar surface area (TPSA) is 30.2 Å². The van der Waals surface area contributed by atoms with E-state index in [1.807, 2.05) is 44.2 Å². The molecular weight excluding hydrogens is 272 g/mol. The number of rotatable bonds is 1. The van der Waals surface area contributed by atoms with Crippen molar-refractivity contribution in [2.45, 2.75) is 13.8 Å². The van der Waals surface area contributed by atoms with Gasteiger partial charge in [-0.3, -0.25) is 0 Å². The first-order valence-electron chi connectivity index (χ1n) is 6.36. The fourth-order valence-corrected chi connectivity index (χ4v) is 2.63. The summed E-state index contributed by atoms with van der Waals surface area (Å²) in [5.41, 5.74) is 3.69. The lowest BCUT2D eigenvalue weighted by Crippen LogP contribution is -2.06. The highest BCUT2D eigenvalue weighted by Crippen LogP contribution is 2.28. The quantitative estimate of drug-likeness (QED) is 0.605. The predicted octanol–water partition coefficient (Wildman–Crippen LogP) is 4.73. The number of fused-ring (bicyclic) bond motifs is 1. The minimum absolute atomic E-state index is 0.332. The summed E-state index contributed by atoms with van der Waals surface area (Å²) in [7, 11) is 0. The minimum Gasteiger partial charge on any atom is -0.422 e. The zero-order valence-corrected chi connectivity index (χ0v) is 12.0. The van der Waals surface area contributed by atoms with Gasteiger partial charge in [-0.1, -0.05) is 35.4 Å². The number of hydrogen-bond acceptors (Lipinski definition) is 2. The van der Waals surface area contributed by atoms with Gasteiger partial charge in [0.25, 0.3) is 0 Å². The lowest BCUT2D eigenvalue weighted by Gasteiger charge is -2.08. The summed E-state index contributed by atoms with van der Waals surface area (Å²) in [4.78, 5) is 12.2.